The topological polar surface area (TPSA) is 20.2 Å². The fraction of sp³-hybridized carbons (Fsp3) is 0.222. The number of aliphatic hydroxyl groups is 1. The van der Waals surface area contributed by atoms with Gasteiger partial charge in [-0.05, 0) is 18.1 Å². The standard InChI is InChI=1S/C18H18O/c1-15(14-19)12-13-18(16-8-4-2-5-9-16)17-10-6-3-7-11-17/h2-11,15,18-19H,14H2,1H3. The van der Waals surface area contributed by atoms with E-state index >= 15 is 0 Å². The number of aliphatic hydroxyl groups excluding tert-OH is 1. The highest BCUT2D eigenvalue weighted by molar-refractivity contribution is 5.40. The van der Waals surface area contributed by atoms with Crippen molar-refractivity contribution in [3.63, 3.8) is 0 Å². The Morgan fingerprint density at radius 1 is 0.842 bits per heavy atom. The molecule has 1 atom stereocenters. The van der Waals surface area contributed by atoms with Crippen molar-refractivity contribution in [3.05, 3.63) is 71.8 Å². The van der Waals surface area contributed by atoms with Gasteiger partial charge in [0.1, 0.15) is 0 Å². The molecule has 0 fully saturated rings. The van der Waals surface area contributed by atoms with E-state index in [0.29, 0.717) is 0 Å². The summed E-state index contributed by atoms with van der Waals surface area (Å²) in [4.78, 5) is 0. The molecular formula is C18H18O. The summed E-state index contributed by atoms with van der Waals surface area (Å²) in [6.45, 7) is 2.03. The molecule has 2 aromatic carbocycles. The lowest BCUT2D eigenvalue weighted by molar-refractivity contribution is 0.266. The van der Waals surface area contributed by atoms with Crippen LogP contribution in [0.25, 0.3) is 0 Å². The quantitative estimate of drug-likeness (QED) is 0.827. The van der Waals surface area contributed by atoms with Crippen molar-refractivity contribution in [1.82, 2.24) is 0 Å². The Morgan fingerprint density at radius 3 is 1.74 bits per heavy atom. The number of rotatable bonds is 3. The predicted molar refractivity (Wildman–Crippen MR) is 78.8 cm³/mol. The molecule has 96 valence electrons. The van der Waals surface area contributed by atoms with Crippen molar-refractivity contribution < 1.29 is 5.11 Å². The van der Waals surface area contributed by atoms with Gasteiger partial charge in [0.15, 0.2) is 0 Å². The lowest BCUT2D eigenvalue weighted by Crippen LogP contribution is -2.01. The van der Waals surface area contributed by atoms with E-state index in [4.69, 9.17) is 5.11 Å². The summed E-state index contributed by atoms with van der Waals surface area (Å²) in [5.41, 5.74) is 2.37. The minimum Gasteiger partial charge on any atom is -0.395 e. The van der Waals surface area contributed by atoms with Gasteiger partial charge in [0.05, 0.1) is 12.5 Å². The second kappa shape index (κ2) is 6.78. The fourth-order valence-electron chi connectivity index (χ4n) is 1.92. The first-order valence-corrected chi connectivity index (χ1v) is 6.53. The van der Waals surface area contributed by atoms with Crippen LogP contribution in [0.3, 0.4) is 0 Å². The Hall–Kier alpha value is -2.04. The highest BCUT2D eigenvalue weighted by Crippen LogP contribution is 2.23. The lowest BCUT2D eigenvalue weighted by atomic mass is 9.91. The normalized spacial score (nSPS) is 11.7. The van der Waals surface area contributed by atoms with E-state index < -0.39 is 0 Å². The van der Waals surface area contributed by atoms with Crippen molar-refractivity contribution in [1.29, 1.82) is 0 Å². The van der Waals surface area contributed by atoms with Crippen LogP contribution >= 0.6 is 0 Å². The third-order valence-electron chi connectivity index (χ3n) is 3.01. The van der Waals surface area contributed by atoms with Gasteiger partial charge in [-0.3, -0.25) is 0 Å². The molecule has 19 heavy (non-hydrogen) atoms. The first-order chi connectivity index (χ1) is 9.31. The fourth-order valence-corrected chi connectivity index (χ4v) is 1.92. The largest absolute Gasteiger partial charge is 0.395 e. The molecule has 1 N–H and O–H groups in total. The summed E-state index contributed by atoms with van der Waals surface area (Å²) >= 11 is 0. The van der Waals surface area contributed by atoms with Gasteiger partial charge in [-0.1, -0.05) is 72.5 Å². The van der Waals surface area contributed by atoms with Crippen molar-refractivity contribution in [3.8, 4) is 11.8 Å². The van der Waals surface area contributed by atoms with Gasteiger partial charge in [0, 0.05) is 5.92 Å². The van der Waals surface area contributed by atoms with E-state index in [1.54, 1.807) is 0 Å². The first kappa shape index (κ1) is 13.4. The zero-order valence-corrected chi connectivity index (χ0v) is 11.1. The van der Waals surface area contributed by atoms with Gasteiger partial charge in [-0.15, -0.1) is 0 Å². The van der Waals surface area contributed by atoms with E-state index in [2.05, 4.69) is 36.1 Å². The Labute approximate surface area is 114 Å². The SMILES string of the molecule is CC(C#CC(c1ccccc1)c1ccccc1)CO. The summed E-state index contributed by atoms with van der Waals surface area (Å²) < 4.78 is 0. The highest BCUT2D eigenvalue weighted by Gasteiger charge is 2.10. The van der Waals surface area contributed by atoms with Crippen LogP contribution < -0.4 is 0 Å². The zero-order valence-electron chi connectivity index (χ0n) is 11.1. The molecule has 2 aromatic rings. The van der Waals surface area contributed by atoms with Crippen LogP contribution in [-0.4, -0.2) is 11.7 Å². The predicted octanol–water partition coefficient (Wildman–Crippen LogP) is 3.45. The molecule has 0 saturated carbocycles. The van der Waals surface area contributed by atoms with Gasteiger partial charge in [0.25, 0.3) is 0 Å². The molecule has 1 heteroatoms. The van der Waals surface area contributed by atoms with Crippen LogP contribution in [0.4, 0.5) is 0 Å². The van der Waals surface area contributed by atoms with Gasteiger partial charge in [0.2, 0.25) is 0 Å². The summed E-state index contributed by atoms with van der Waals surface area (Å²) in [5, 5.41) is 9.09. The van der Waals surface area contributed by atoms with Crippen molar-refractivity contribution in [2.45, 2.75) is 12.8 Å². The summed E-state index contributed by atoms with van der Waals surface area (Å²) in [5.74, 6) is 6.50. The van der Waals surface area contributed by atoms with E-state index in [1.165, 1.54) is 11.1 Å². The van der Waals surface area contributed by atoms with Gasteiger partial charge >= 0.3 is 0 Å². The lowest BCUT2D eigenvalue weighted by Gasteiger charge is -2.12. The van der Waals surface area contributed by atoms with Crippen LogP contribution in [0.5, 0.6) is 0 Å². The van der Waals surface area contributed by atoms with Crippen LogP contribution in [0, 0.1) is 17.8 Å². The van der Waals surface area contributed by atoms with Crippen LogP contribution in [0.1, 0.15) is 24.0 Å². The second-order valence-electron chi connectivity index (χ2n) is 4.63. The molecule has 0 amide bonds. The van der Waals surface area contributed by atoms with E-state index in [-0.39, 0.29) is 18.4 Å². The summed E-state index contributed by atoms with van der Waals surface area (Å²) in [6, 6.07) is 20.5. The molecule has 1 nitrogen and oxygen atoms in total. The van der Waals surface area contributed by atoms with Gasteiger partial charge in [-0.2, -0.15) is 0 Å². The molecule has 0 saturated heterocycles. The molecule has 2 rings (SSSR count). The molecular weight excluding hydrogens is 232 g/mol. The minimum absolute atomic E-state index is 0.00919. The Balaban J connectivity index is 2.36. The second-order valence-corrected chi connectivity index (χ2v) is 4.63. The number of hydrogen-bond acceptors (Lipinski definition) is 1. The zero-order chi connectivity index (χ0) is 13.5. The minimum atomic E-state index is 0.00919. The van der Waals surface area contributed by atoms with E-state index in [0.717, 1.165) is 0 Å². The van der Waals surface area contributed by atoms with Gasteiger partial charge in [-0.25, -0.2) is 0 Å². The molecule has 0 aromatic heterocycles. The Bertz CT molecular complexity index is 509. The first-order valence-electron chi connectivity index (χ1n) is 6.53. The maximum absolute atomic E-state index is 9.09. The average Bonchev–Trinajstić information content (AvgIpc) is 2.49. The molecule has 0 aliphatic heterocycles. The molecule has 0 aliphatic carbocycles. The smallest absolute Gasteiger partial charge is 0.0702 e. The van der Waals surface area contributed by atoms with Crippen molar-refractivity contribution in [2.24, 2.45) is 5.92 Å². The van der Waals surface area contributed by atoms with Crippen molar-refractivity contribution in [2.75, 3.05) is 6.61 Å². The van der Waals surface area contributed by atoms with E-state index in [1.807, 2.05) is 43.3 Å². The maximum Gasteiger partial charge on any atom is 0.0702 e. The van der Waals surface area contributed by atoms with Crippen LogP contribution in [0.2, 0.25) is 0 Å². The maximum atomic E-state index is 9.09. The number of hydrogen-bond donors (Lipinski definition) is 1. The average molecular weight is 250 g/mol. The molecule has 0 radical (unpaired) electrons. The third-order valence-corrected chi connectivity index (χ3v) is 3.01. The van der Waals surface area contributed by atoms with Crippen molar-refractivity contribution >= 4 is 0 Å². The third kappa shape index (κ3) is 3.71. The Morgan fingerprint density at radius 2 is 1.32 bits per heavy atom. The van der Waals surface area contributed by atoms with Crippen LogP contribution in [-0.2, 0) is 0 Å². The molecule has 0 spiro atoms. The monoisotopic (exact) mass is 250 g/mol. The Kier molecular flexibility index (Phi) is 4.78. The summed E-state index contributed by atoms with van der Waals surface area (Å²) in [6.07, 6.45) is 0. The molecule has 0 heterocycles. The highest BCUT2D eigenvalue weighted by atomic mass is 16.3. The van der Waals surface area contributed by atoms with Crippen LogP contribution in [0.15, 0.2) is 60.7 Å². The molecule has 1 unspecified atom stereocenters. The number of benzene rings is 2. The van der Waals surface area contributed by atoms with Gasteiger partial charge < -0.3 is 5.11 Å². The molecule has 0 bridgehead atoms. The summed E-state index contributed by atoms with van der Waals surface area (Å²) in [7, 11) is 0. The van der Waals surface area contributed by atoms with E-state index in [9.17, 15) is 0 Å². The molecule has 0 aliphatic rings.